The van der Waals surface area contributed by atoms with E-state index >= 15 is 0 Å². The third-order valence-electron chi connectivity index (χ3n) is 0.425. The number of hydrogen-bond acceptors (Lipinski definition) is 2. The molecule has 0 aromatic carbocycles. The van der Waals surface area contributed by atoms with Crippen LogP contribution in [0.25, 0.3) is 0 Å². The molecule has 8 heavy (non-hydrogen) atoms. The summed E-state index contributed by atoms with van der Waals surface area (Å²) in [6.07, 6.45) is 4.00. The van der Waals surface area contributed by atoms with Gasteiger partial charge in [0.25, 0.3) is 0 Å². The van der Waals surface area contributed by atoms with Crippen LogP contribution in [-0.4, -0.2) is 6.34 Å². The Morgan fingerprint density at radius 3 is 1.88 bits per heavy atom. The van der Waals surface area contributed by atoms with Crippen LogP contribution >= 0.6 is 0 Å². The summed E-state index contributed by atoms with van der Waals surface area (Å²) in [7, 11) is 0. The maximum atomic E-state index is 5.86. The first-order valence-corrected chi connectivity index (χ1v) is 2.09. The zero-order valence-corrected chi connectivity index (χ0v) is 4.37. The minimum atomic E-state index is 0.750. The van der Waals surface area contributed by atoms with Crippen molar-refractivity contribution in [3.05, 3.63) is 24.7 Å². The van der Waals surface area contributed by atoms with Gasteiger partial charge in [0.15, 0.2) is 0 Å². The van der Waals surface area contributed by atoms with Crippen LogP contribution < -0.4 is 5.73 Å². The summed E-state index contributed by atoms with van der Waals surface area (Å²) in [5, 5.41) is 5.86. The van der Waals surface area contributed by atoms with Gasteiger partial charge in [0.1, 0.15) is 0 Å². The van der Waals surface area contributed by atoms with Gasteiger partial charge in [-0.2, -0.15) is 0 Å². The Morgan fingerprint density at radius 1 is 1.38 bits per heavy atom. The van der Waals surface area contributed by atoms with Gasteiger partial charge in [-0.25, -0.2) is 0 Å². The molecular weight excluding hydrogens is 104 g/mol. The van der Waals surface area contributed by atoms with E-state index in [4.69, 9.17) is 5.41 Å². The fourth-order valence-electron chi connectivity index (χ4n) is 0.227. The Balaban J connectivity index is 0.000000145. The topological polar surface area (TPSA) is 63.0 Å². The van der Waals surface area contributed by atoms with Crippen molar-refractivity contribution in [2.24, 2.45) is 5.73 Å². The van der Waals surface area contributed by atoms with Crippen molar-refractivity contribution in [2.75, 3.05) is 0 Å². The Hall–Kier alpha value is -1.25. The molecule has 0 aliphatic rings. The van der Waals surface area contributed by atoms with Gasteiger partial charge in [0.05, 0.1) is 18.9 Å². The molecule has 0 bridgehead atoms. The summed E-state index contributed by atoms with van der Waals surface area (Å²) in [6, 6.07) is 3.67. The van der Waals surface area contributed by atoms with Gasteiger partial charge < -0.3 is 10.2 Å². The predicted molar refractivity (Wildman–Crippen MR) is 31.7 cm³/mol. The van der Waals surface area contributed by atoms with E-state index in [-0.39, 0.29) is 0 Å². The second-order valence-electron chi connectivity index (χ2n) is 0.960. The van der Waals surface area contributed by atoms with Crippen molar-refractivity contribution in [3.8, 4) is 0 Å². The van der Waals surface area contributed by atoms with Crippen molar-refractivity contribution in [3.63, 3.8) is 0 Å². The standard InChI is InChI=1S/C4H4O.CH4N2/c1-2-4-5-3-1;2-1-3/h1-4H;1H,(H3,2,3). The molecule has 0 amide bonds. The zero-order valence-electron chi connectivity index (χ0n) is 4.37. The fourth-order valence-corrected chi connectivity index (χ4v) is 0.227. The number of hydrogen-bond donors (Lipinski definition) is 2. The average molecular weight is 112 g/mol. The van der Waals surface area contributed by atoms with Gasteiger partial charge in [0, 0.05) is 0 Å². The van der Waals surface area contributed by atoms with Gasteiger partial charge in [-0.1, -0.05) is 0 Å². The van der Waals surface area contributed by atoms with Crippen molar-refractivity contribution < 1.29 is 4.42 Å². The first kappa shape index (κ1) is 6.75. The zero-order chi connectivity index (χ0) is 6.24. The predicted octanol–water partition coefficient (Wildman–Crippen LogP) is 0.832. The SMILES string of the molecule is N=CN.c1ccoc1. The quantitative estimate of drug-likeness (QED) is 0.385. The third kappa shape index (κ3) is 4.75. The van der Waals surface area contributed by atoms with E-state index < -0.39 is 0 Å². The van der Waals surface area contributed by atoms with Gasteiger partial charge in [-0.15, -0.1) is 0 Å². The molecule has 0 aliphatic carbocycles. The monoisotopic (exact) mass is 112 g/mol. The van der Waals surface area contributed by atoms with E-state index in [0.29, 0.717) is 0 Å². The summed E-state index contributed by atoms with van der Waals surface area (Å²) in [5.41, 5.74) is 4.39. The second-order valence-corrected chi connectivity index (χ2v) is 0.960. The lowest BCUT2D eigenvalue weighted by Gasteiger charge is -1.50. The normalized spacial score (nSPS) is 6.50. The molecule has 1 rings (SSSR count). The lowest BCUT2D eigenvalue weighted by molar-refractivity contribution is 0.567. The molecule has 44 valence electrons. The Morgan fingerprint density at radius 2 is 1.75 bits per heavy atom. The minimum absolute atomic E-state index is 0.750. The van der Waals surface area contributed by atoms with Gasteiger partial charge in [-0.05, 0) is 12.1 Å². The van der Waals surface area contributed by atoms with E-state index in [1.165, 1.54) is 0 Å². The largest absolute Gasteiger partial charge is 0.473 e. The number of nitrogens with one attached hydrogen (secondary N) is 1. The fraction of sp³-hybridized carbons (Fsp3) is 0. The van der Waals surface area contributed by atoms with Crippen LogP contribution in [-0.2, 0) is 0 Å². The number of nitrogens with two attached hydrogens (primary N) is 1. The van der Waals surface area contributed by atoms with Crippen LogP contribution in [0.3, 0.4) is 0 Å². The average Bonchev–Trinajstić information content (AvgIpc) is 2.17. The third-order valence-corrected chi connectivity index (χ3v) is 0.425. The summed E-state index contributed by atoms with van der Waals surface area (Å²) in [5.74, 6) is 0. The molecule has 0 saturated carbocycles. The lowest BCUT2D eigenvalue weighted by Crippen LogP contribution is -1.81. The molecule has 0 spiro atoms. The van der Waals surface area contributed by atoms with Crippen molar-refractivity contribution >= 4 is 6.34 Å². The van der Waals surface area contributed by atoms with Crippen LogP contribution in [0, 0.1) is 5.41 Å². The Kier molecular flexibility index (Phi) is 4.85. The van der Waals surface area contributed by atoms with E-state index in [2.05, 4.69) is 10.2 Å². The lowest BCUT2D eigenvalue weighted by atomic mass is 10.7. The van der Waals surface area contributed by atoms with Crippen LogP contribution in [0.4, 0.5) is 0 Å². The second kappa shape index (κ2) is 5.75. The molecule has 3 N–H and O–H groups in total. The summed E-state index contributed by atoms with van der Waals surface area (Å²) in [6.45, 7) is 0. The minimum Gasteiger partial charge on any atom is -0.473 e. The van der Waals surface area contributed by atoms with Crippen molar-refractivity contribution in [2.45, 2.75) is 0 Å². The first-order valence-electron chi connectivity index (χ1n) is 2.09. The first-order chi connectivity index (χ1) is 3.91. The van der Waals surface area contributed by atoms with Crippen LogP contribution in [0.5, 0.6) is 0 Å². The van der Waals surface area contributed by atoms with E-state index in [9.17, 15) is 0 Å². The van der Waals surface area contributed by atoms with E-state index in [0.717, 1.165) is 6.34 Å². The summed E-state index contributed by atoms with van der Waals surface area (Å²) < 4.78 is 4.58. The van der Waals surface area contributed by atoms with Crippen LogP contribution in [0.2, 0.25) is 0 Å². The molecule has 1 aromatic rings. The van der Waals surface area contributed by atoms with Crippen molar-refractivity contribution in [1.82, 2.24) is 0 Å². The van der Waals surface area contributed by atoms with E-state index in [1.54, 1.807) is 12.5 Å². The molecule has 0 atom stereocenters. The molecule has 1 aromatic heterocycles. The highest BCUT2D eigenvalue weighted by molar-refractivity contribution is 5.46. The molecule has 1 heterocycles. The van der Waals surface area contributed by atoms with Gasteiger partial charge in [0.2, 0.25) is 0 Å². The molecule has 0 unspecified atom stereocenters. The Bertz CT molecular complexity index is 96.8. The Labute approximate surface area is 47.6 Å². The highest BCUT2D eigenvalue weighted by Crippen LogP contribution is 1.79. The van der Waals surface area contributed by atoms with E-state index in [1.807, 2.05) is 12.1 Å². The van der Waals surface area contributed by atoms with Gasteiger partial charge in [-0.3, -0.25) is 5.41 Å². The summed E-state index contributed by atoms with van der Waals surface area (Å²) in [4.78, 5) is 0. The smallest absolute Gasteiger partial charge is 0.0902 e. The maximum Gasteiger partial charge on any atom is 0.0902 e. The van der Waals surface area contributed by atoms with Crippen molar-refractivity contribution in [1.29, 1.82) is 5.41 Å². The number of furan rings is 1. The molecule has 0 aliphatic heterocycles. The maximum absolute atomic E-state index is 5.86. The molecular formula is C5H8N2O. The van der Waals surface area contributed by atoms with Crippen LogP contribution in [0.1, 0.15) is 0 Å². The molecule has 3 heteroatoms. The number of rotatable bonds is 0. The molecule has 0 saturated heterocycles. The molecule has 3 nitrogen and oxygen atoms in total. The van der Waals surface area contributed by atoms with Gasteiger partial charge >= 0.3 is 0 Å². The summed E-state index contributed by atoms with van der Waals surface area (Å²) >= 11 is 0. The molecule has 0 fully saturated rings. The molecule has 0 radical (unpaired) electrons. The highest BCUT2D eigenvalue weighted by atomic mass is 16.3. The van der Waals surface area contributed by atoms with Crippen LogP contribution in [0.15, 0.2) is 29.1 Å². The highest BCUT2D eigenvalue weighted by Gasteiger charge is 1.58.